The molecule has 0 unspecified atom stereocenters. The number of hydrogen-bond acceptors (Lipinski definition) is 8. The molecule has 4 aromatic rings. The van der Waals surface area contributed by atoms with E-state index >= 15 is 0 Å². The summed E-state index contributed by atoms with van der Waals surface area (Å²) < 4.78 is 2.33. The van der Waals surface area contributed by atoms with Crippen LogP contribution in [0.4, 0.5) is 5.13 Å². The molecule has 1 amide bonds. The van der Waals surface area contributed by atoms with Crippen LogP contribution >= 0.6 is 45.8 Å². The van der Waals surface area contributed by atoms with Gasteiger partial charge in [-0.25, -0.2) is 9.97 Å². The van der Waals surface area contributed by atoms with Crippen molar-refractivity contribution in [3.8, 4) is 0 Å². The van der Waals surface area contributed by atoms with Gasteiger partial charge in [0.1, 0.15) is 4.70 Å². The second-order valence-corrected chi connectivity index (χ2v) is 9.28. The number of thiazole rings is 1. The molecule has 0 aliphatic heterocycles. The Kier molecular flexibility index (Phi) is 5.67. The highest BCUT2D eigenvalue weighted by Gasteiger charge is 2.15. The number of fused-ring (bicyclic) bond motifs is 1. The van der Waals surface area contributed by atoms with Crippen molar-refractivity contribution in [1.29, 1.82) is 0 Å². The van der Waals surface area contributed by atoms with Gasteiger partial charge in [-0.2, -0.15) is 0 Å². The molecule has 4 aromatic heterocycles. The van der Waals surface area contributed by atoms with Gasteiger partial charge in [0, 0.05) is 23.0 Å². The van der Waals surface area contributed by atoms with Crippen LogP contribution in [0.15, 0.2) is 50.5 Å². The first-order chi connectivity index (χ1) is 13.2. The van der Waals surface area contributed by atoms with E-state index in [4.69, 9.17) is 0 Å². The molecule has 0 spiro atoms. The van der Waals surface area contributed by atoms with Crippen molar-refractivity contribution in [2.75, 3.05) is 11.1 Å². The van der Waals surface area contributed by atoms with Crippen LogP contribution in [-0.2, 0) is 17.8 Å². The summed E-state index contributed by atoms with van der Waals surface area (Å²) >= 11 is 5.71. The molecule has 0 aliphatic carbocycles. The molecular weight excluding hydrogens is 420 g/mol. The van der Waals surface area contributed by atoms with E-state index in [-0.39, 0.29) is 17.2 Å². The minimum atomic E-state index is -0.167. The van der Waals surface area contributed by atoms with Gasteiger partial charge in [-0.3, -0.25) is 14.2 Å². The number of rotatable bonds is 7. The molecule has 0 aromatic carbocycles. The predicted octanol–water partition coefficient (Wildman–Crippen LogP) is 3.95. The molecule has 0 saturated heterocycles. The van der Waals surface area contributed by atoms with E-state index in [2.05, 4.69) is 21.4 Å². The van der Waals surface area contributed by atoms with Crippen molar-refractivity contribution in [2.45, 2.75) is 18.1 Å². The predicted molar refractivity (Wildman–Crippen MR) is 113 cm³/mol. The summed E-state index contributed by atoms with van der Waals surface area (Å²) in [4.78, 5) is 34.9. The number of thiophene rings is 2. The average molecular weight is 435 g/mol. The Morgan fingerprint density at radius 3 is 2.89 bits per heavy atom. The average Bonchev–Trinajstić information content (AvgIpc) is 3.41. The number of nitrogens with one attached hydrogen (secondary N) is 1. The van der Waals surface area contributed by atoms with Crippen LogP contribution in [0, 0.1) is 0 Å². The first kappa shape index (κ1) is 18.4. The second kappa shape index (κ2) is 8.34. The largest absolute Gasteiger partial charge is 0.301 e. The Balaban J connectivity index is 1.55. The zero-order valence-corrected chi connectivity index (χ0v) is 17.2. The molecule has 0 fully saturated rings. The lowest BCUT2D eigenvalue weighted by Crippen LogP contribution is -2.24. The number of thioether (sulfide) groups is 1. The molecule has 0 saturated carbocycles. The maximum atomic E-state index is 12.9. The first-order valence-electron chi connectivity index (χ1n) is 8.03. The minimum Gasteiger partial charge on any atom is -0.301 e. The first-order valence-corrected chi connectivity index (χ1v) is 11.7. The van der Waals surface area contributed by atoms with Crippen molar-refractivity contribution in [3.05, 3.63) is 55.8 Å². The third-order valence-corrected chi connectivity index (χ3v) is 7.20. The maximum absolute atomic E-state index is 12.9. The van der Waals surface area contributed by atoms with E-state index in [1.165, 1.54) is 39.3 Å². The van der Waals surface area contributed by atoms with Crippen molar-refractivity contribution in [1.82, 2.24) is 14.5 Å². The lowest BCUT2D eigenvalue weighted by Gasteiger charge is -2.11. The quantitative estimate of drug-likeness (QED) is 0.352. The zero-order valence-electron chi connectivity index (χ0n) is 14.0. The number of aryl methyl sites for hydroxylation is 1. The van der Waals surface area contributed by atoms with E-state index in [0.29, 0.717) is 27.0 Å². The molecule has 138 valence electrons. The van der Waals surface area contributed by atoms with Gasteiger partial charge in [0.05, 0.1) is 11.3 Å². The Morgan fingerprint density at radius 1 is 1.19 bits per heavy atom. The van der Waals surface area contributed by atoms with Crippen LogP contribution in [0.25, 0.3) is 10.2 Å². The van der Waals surface area contributed by atoms with Gasteiger partial charge in [0.2, 0.25) is 5.91 Å². The number of carbonyl (C=O) groups is 1. The molecule has 0 atom stereocenters. The van der Waals surface area contributed by atoms with Gasteiger partial charge in [0.25, 0.3) is 5.56 Å². The Hall–Kier alpha value is -2.01. The number of anilines is 1. The Bertz CT molecular complexity index is 1100. The Labute approximate surface area is 170 Å². The highest BCUT2D eigenvalue weighted by molar-refractivity contribution is 7.99. The molecule has 0 bridgehead atoms. The highest BCUT2D eigenvalue weighted by Crippen LogP contribution is 2.22. The minimum absolute atomic E-state index is 0.0469. The zero-order chi connectivity index (χ0) is 18.6. The standard InChI is InChI=1S/C17H14N4O2S4/c22-13(20-16-18-5-9-26-16)10-27-17-19-12-4-8-25-14(12)15(23)21(17)6-3-11-2-1-7-24-11/h1-2,4-5,7-9H,3,6,10H2,(H,18,20,22). The van der Waals surface area contributed by atoms with E-state index in [1.807, 2.05) is 22.9 Å². The summed E-state index contributed by atoms with van der Waals surface area (Å²) in [5, 5.41) is 9.58. The lowest BCUT2D eigenvalue weighted by molar-refractivity contribution is -0.113. The van der Waals surface area contributed by atoms with E-state index in [0.717, 1.165) is 6.42 Å². The number of amides is 1. The van der Waals surface area contributed by atoms with E-state index < -0.39 is 0 Å². The second-order valence-electron chi connectivity index (χ2n) is 5.49. The van der Waals surface area contributed by atoms with Gasteiger partial charge in [-0.15, -0.1) is 34.0 Å². The van der Waals surface area contributed by atoms with Crippen molar-refractivity contribution in [2.24, 2.45) is 0 Å². The number of nitrogens with zero attached hydrogens (tertiary/aromatic N) is 3. The summed E-state index contributed by atoms with van der Waals surface area (Å²) in [7, 11) is 0. The van der Waals surface area contributed by atoms with Crippen LogP contribution in [0.1, 0.15) is 4.88 Å². The van der Waals surface area contributed by atoms with Crippen LogP contribution < -0.4 is 10.9 Å². The highest BCUT2D eigenvalue weighted by atomic mass is 32.2. The lowest BCUT2D eigenvalue weighted by atomic mass is 10.3. The van der Waals surface area contributed by atoms with E-state index in [1.54, 1.807) is 27.5 Å². The SMILES string of the molecule is O=C(CSc1nc2ccsc2c(=O)n1CCc1cccs1)Nc1nccs1. The summed E-state index contributed by atoms with van der Waals surface area (Å²) in [5.74, 6) is 0.000125. The summed E-state index contributed by atoms with van der Waals surface area (Å²) in [6, 6.07) is 5.90. The van der Waals surface area contributed by atoms with E-state index in [9.17, 15) is 9.59 Å². The van der Waals surface area contributed by atoms with Gasteiger partial charge >= 0.3 is 0 Å². The summed E-state index contributed by atoms with van der Waals surface area (Å²) in [6.07, 6.45) is 2.40. The third-order valence-electron chi connectivity index (χ3n) is 3.70. The van der Waals surface area contributed by atoms with Gasteiger partial charge in [0.15, 0.2) is 10.3 Å². The molecule has 0 radical (unpaired) electrons. The molecule has 1 N–H and O–H groups in total. The Morgan fingerprint density at radius 2 is 2.11 bits per heavy atom. The smallest absolute Gasteiger partial charge is 0.272 e. The molecule has 4 rings (SSSR count). The fraction of sp³-hybridized carbons (Fsp3) is 0.176. The summed E-state index contributed by atoms with van der Waals surface area (Å²) in [5.41, 5.74) is 0.634. The van der Waals surface area contributed by atoms with Crippen molar-refractivity contribution >= 4 is 67.0 Å². The van der Waals surface area contributed by atoms with Crippen LogP contribution in [0.5, 0.6) is 0 Å². The molecule has 6 nitrogen and oxygen atoms in total. The number of aromatic nitrogens is 3. The molecule has 4 heterocycles. The summed E-state index contributed by atoms with van der Waals surface area (Å²) in [6.45, 7) is 0.538. The topological polar surface area (TPSA) is 76.9 Å². The van der Waals surface area contributed by atoms with Crippen molar-refractivity contribution < 1.29 is 4.79 Å². The normalized spacial score (nSPS) is 11.1. The molecule has 10 heteroatoms. The molecule has 0 aliphatic rings. The fourth-order valence-electron chi connectivity index (χ4n) is 2.48. The van der Waals surface area contributed by atoms with Crippen LogP contribution in [-0.4, -0.2) is 26.2 Å². The molecule has 27 heavy (non-hydrogen) atoms. The van der Waals surface area contributed by atoms with Gasteiger partial charge in [-0.05, 0) is 29.3 Å². The number of hydrogen-bond donors (Lipinski definition) is 1. The van der Waals surface area contributed by atoms with Gasteiger partial charge in [-0.1, -0.05) is 17.8 Å². The van der Waals surface area contributed by atoms with Gasteiger partial charge < -0.3 is 5.32 Å². The van der Waals surface area contributed by atoms with Crippen molar-refractivity contribution in [3.63, 3.8) is 0 Å². The number of carbonyl (C=O) groups excluding carboxylic acids is 1. The van der Waals surface area contributed by atoms with Crippen LogP contribution in [0.3, 0.4) is 0 Å². The monoisotopic (exact) mass is 434 g/mol. The molecular formula is C17H14N4O2S4. The fourth-order valence-corrected chi connectivity index (χ4v) is 5.33. The maximum Gasteiger partial charge on any atom is 0.272 e. The van der Waals surface area contributed by atoms with Crippen LogP contribution in [0.2, 0.25) is 0 Å². The third kappa shape index (κ3) is 4.29.